The van der Waals surface area contributed by atoms with Crippen LogP contribution >= 0.6 is 0 Å². The molecule has 2 N–H and O–H groups in total. The van der Waals surface area contributed by atoms with Crippen molar-refractivity contribution in [2.45, 2.75) is 38.6 Å². The summed E-state index contributed by atoms with van der Waals surface area (Å²) in [5.74, 6) is 0.0731. The Morgan fingerprint density at radius 3 is 2.62 bits per heavy atom. The molecule has 0 atom stereocenters. The van der Waals surface area contributed by atoms with Crippen molar-refractivity contribution in [2.24, 2.45) is 0 Å². The van der Waals surface area contributed by atoms with Crippen molar-refractivity contribution in [3.8, 4) is 5.75 Å². The van der Waals surface area contributed by atoms with Gasteiger partial charge in [-0.15, -0.1) is 0 Å². The van der Waals surface area contributed by atoms with Crippen molar-refractivity contribution in [3.05, 3.63) is 29.3 Å². The summed E-state index contributed by atoms with van der Waals surface area (Å²) in [4.78, 5) is 11.9. The molecule has 0 heterocycles. The van der Waals surface area contributed by atoms with Crippen molar-refractivity contribution in [1.82, 2.24) is 5.32 Å². The minimum atomic E-state index is -0.0995. The van der Waals surface area contributed by atoms with E-state index in [2.05, 4.69) is 12.2 Å². The summed E-state index contributed by atoms with van der Waals surface area (Å²) in [5.41, 5.74) is 1.26. The van der Waals surface area contributed by atoms with Gasteiger partial charge in [-0.25, -0.2) is 0 Å². The van der Waals surface area contributed by atoms with Crippen LogP contribution in [0.4, 0.5) is 0 Å². The lowest BCUT2D eigenvalue weighted by Gasteiger charge is -2.39. The first-order chi connectivity index (χ1) is 7.50. The molecule has 0 radical (unpaired) electrons. The number of aromatic hydroxyl groups is 1. The number of amides is 1. The maximum atomic E-state index is 11.9. The predicted octanol–water partition coefficient (Wildman–Crippen LogP) is 2.37. The molecule has 1 amide bonds. The van der Waals surface area contributed by atoms with E-state index in [0.29, 0.717) is 5.56 Å². The Balaban J connectivity index is 2.11. The van der Waals surface area contributed by atoms with E-state index in [4.69, 9.17) is 0 Å². The number of hydrogen-bond donors (Lipinski definition) is 2. The summed E-state index contributed by atoms with van der Waals surface area (Å²) in [7, 11) is 0. The van der Waals surface area contributed by atoms with Crippen molar-refractivity contribution < 1.29 is 9.90 Å². The number of aryl methyl sites for hydroxylation is 1. The Morgan fingerprint density at radius 1 is 1.44 bits per heavy atom. The Kier molecular flexibility index (Phi) is 2.62. The largest absolute Gasteiger partial charge is 0.508 e. The zero-order valence-corrected chi connectivity index (χ0v) is 9.71. The molecule has 3 heteroatoms. The number of phenolic OH excluding ortho intramolecular Hbond substituents is 1. The Labute approximate surface area is 95.5 Å². The minimum Gasteiger partial charge on any atom is -0.508 e. The van der Waals surface area contributed by atoms with Gasteiger partial charge in [-0.2, -0.15) is 0 Å². The molecule has 0 aromatic heterocycles. The third kappa shape index (κ3) is 2.03. The Morgan fingerprint density at radius 2 is 2.12 bits per heavy atom. The molecule has 1 aliphatic rings. The third-order valence-electron chi connectivity index (χ3n) is 3.34. The monoisotopic (exact) mass is 219 g/mol. The van der Waals surface area contributed by atoms with Crippen LogP contribution in [0.3, 0.4) is 0 Å². The zero-order chi connectivity index (χ0) is 11.8. The minimum absolute atomic E-state index is 0.0441. The lowest BCUT2D eigenvalue weighted by molar-refractivity contribution is 0.0850. The normalized spacial score (nSPS) is 17.6. The van der Waals surface area contributed by atoms with Crippen LogP contribution in [-0.4, -0.2) is 16.6 Å². The number of carbonyl (C=O) groups excluding carboxylic acids is 1. The number of nitrogens with one attached hydrogen (secondary N) is 1. The first-order valence-corrected chi connectivity index (χ1v) is 5.62. The second-order valence-electron chi connectivity index (χ2n) is 4.87. The molecule has 1 saturated carbocycles. The number of hydrogen-bond acceptors (Lipinski definition) is 2. The third-order valence-corrected chi connectivity index (χ3v) is 3.34. The molecule has 1 aromatic rings. The van der Waals surface area contributed by atoms with Gasteiger partial charge in [-0.1, -0.05) is 6.07 Å². The van der Waals surface area contributed by atoms with E-state index in [0.717, 1.165) is 18.4 Å². The van der Waals surface area contributed by atoms with Gasteiger partial charge in [0.15, 0.2) is 0 Å². The molecule has 0 spiro atoms. The van der Waals surface area contributed by atoms with Gasteiger partial charge >= 0.3 is 0 Å². The first-order valence-electron chi connectivity index (χ1n) is 5.62. The van der Waals surface area contributed by atoms with Crippen LogP contribution in [0, 0.1) is 6.92 Å². The number of benzene rings is 1. The molecule has 0 bridgehead atoms. The summed E-state index contributed by atoms with van der Waals surface area (Å²) in [6.45, 7) is 3.87. The van der Waals surface area contributed by atoms with Crippen LogP contribution in [-0.2, 0) is 0 Å². The molecule has 0 unspecified atom stereocenters. The average Bonchev–Trinajstić information content (AvgIpc) is 2.19. The molecule has 0 saturated heterocycles. The highest BCUT2D eigenvalue weighted by Crippen LogP contribution is 2.31. The van der Waals surface area contributed by atoms with Crippen LogP contribution in [0.2, 0.25) is 0 Å². The molecule has 16 heavy (non-hydrogen) atoms. The van der Waals surface area contributed by atoms with E-state index in [1.807, 2.05) is 6.92 Å². The van der Waals surface area contributed by atoms with Crippen molar-refractivity contribution in [1.29, 1.82) is 0 Å². The van der Waals surface area contributed by atoms with Crippen LogP contribution in [0.15, 0.2) is 18.2 Å². The summed E-state index contributed by atoms with van der Waals surface area (Å²) in [5, 5.41) is 12.5. The van der Waals surface area contributed by atoms with E-state index in [-0.39, 0.29) is 17.2 Å². The van der Waals surface area contributed by atoms with Crippen molar-refractivity contribution >= 4 is 5.91 Å². The lowest BCUT2D eigenvalue weighted by Crippen LogP contribution is -2.50. The maximum Gasteiger partial charge on any atom is 0.251 e. The van der Waals surface area contributed by atoms with Gasteiger partial charge in [0.2, 0.25) is 0 Å². The molecule has 1 aliphatic carbocycles. The fraction of sp³-hybridized carbons (Fsp3) is 0.462. The highest BCUT2D eigenvalue weighted by Gasteiger charge is 2.33. The van der Waals surface area contributed by atoms with Gasteiger partial charge in [-0.05, 0) is 50.8 Å². The van der Waals surface area contributed by atoms with Gasteiger partial charge in [0.05, 0.1) is 0 Å². The highest BCUT2D eigenvalue weighted by molar-refractivity contribution is 5.95. The molecule has 2 rings (SSSR count). The molecule has 1 fully saturated rings. The van der Waals surface area contributed by atoms with Gasteiger partial charge in [-0.3, -0.25) is 4.79 Å². The Bertz CT molecular complexity index is 422. The standard InChI is InChI=1S/C13H17NO2/c1-9-4-5-10(8-11(9)15)12(16)14-13(2)6-3-7-13/h4-5,8,15H,3,6-7H2,1-2H3,(H,14,16). The molecule has 0 aliphatic heterocycles. The summed E-state index contributed by atoms with van der Waals surface area (Å²) < 4.78 is 0. The predicted molar refractivity (Wildman–Crippen MR) is 62.6 cm³/mol. The second-order valence-corrected chi connectivity index (χ2v) is 4.87. The summed E-state index contributed by atoms with van der Waals surface area (Å²) in [6.07, 6.45) is 3.25. The second kappa shape index (κ2) is 3.81. The number of carbonyl (C=O) groups is 1. The van der Waals surface area contributed by atoms with E-state index >= 15 is 0 Å². The lowest BCUT2D eigenvalue weighted by atomic mass is 9.78. The highest BCUT2D eigenvalue weighted by atomic mass is 16.3. The fourth-order valence-electron chi connectivity index (χ4n) is 1.93. The Hall–Kier alpha value is -1.51. The average molecular weight is 219 g/mol. The van der Waals surface area contributed by atoms with Crippen molar-refractivity contribution in [2.75, 3.05) is 0 Å². The van der Waals surface area contributed by atoms with E-state index in [9.17, 15) is 9.90 Å². The summed E-state index contributed by atoms with van der Waals surface area (Å²) >= 11 is 0. The van der Waals surface area contributed by atoms with E-state index in [1.165, 1.54) is 12.5 Å². The topological polar surface area (TPSA) is 49.3 Å². The first kappa shape index (κ1) is 11.0. The van der Waals surface area contributed by atoms with Gasteiger partial charge in [0, 0.05) is 11.1 Å². The van der Waals surface area contributed by atoms with Gasteiger partial charge in [0.1, 0.15) is 5.75 Å². The van der Waals surface area contributed by atoms with Crippen LogP contribution in [0.25, 0.3) is 0 Å². The van der Waals surface area contributed by atoms with E-state index in [1.54, 1.807) is 12.1 Å². The molecule has 3 nitrogen and oxygen atoms in total. The van der Waals surface area contributed by atoms with Gasteiger partial charge in [0.25, 0.3) is 5.91 Å². The van der Waals surface area contributed by atoms with Crippen molar-refractivity contribution in [3.63, 3.8) is 0 Å². The molecule has 1 aromatic carbocycles. The summed E-state index contributed by atoms with van der Waals surface area (Å²) in [6, 6.07) is 5.02. The van der Waals surface area contributed by atoms with Crippen LogP contribution in [0.5, 0.6) is 5.75 Å². The van der Waals surface area contributed by atoms with E-state index < -0.39 is 0 Å². The number of rotatable bonds is 2. The van der Waals surface area contributed by atoms with Crippen LogP contribution < -0.4 is 5.32 Å². The van der Waals surface area contributed by atoms with Crippen LogP contribution in [0.1, 0.15) is 42.1 Å². The molecular formula is C13H17NO2. The number of phenols is 1. The molecular weight excluding hydrogens is 202 g/mol. The fourth-order valence-corrected chi connectivity index (χ4v) is 1.93. The quantitative estimate of drug-likeness (QED) is 0.802. The smallest absolute Gasteiger partial charge is 0.251 e. The molecule has 86 valence electrons. The maximum absolute atomic E-state index is 11.9. The SMILES string of the molecule is Cc1ccc(C(=O)NC2(C)CCC2)cc1O. The zero-order valence-electron chi connectivity index (χ0n) is 9.71. The van der Waals surface area contributed by atoms with Gasteiger partial charge < -0.3 is 10.4 Å².